The standard InChI is InChI=1S/C6H20N2O12P4.Co.5Na/c9-21(10,11)3-7(4-22(12,13)14)1-2-8(5-23(15,16)17)6-24(18,19)20;;;;;;/h1-6H2,(H2,9,10,11)(H2,12,13,14)(H2,15,16,17)(H2,18,19,20);;;;;;/q;+2;5*+1/p-8. The molecule has 0 aliphatic carbocycles. The van der Waals surface area contributed by atoms with Crippen molar-refractivity contribution in [3.63, 3.8) is 0 Å². The molecule has 0 rings (SSSR count). The summed E-state index contributed by atoms with van der Waals surface area (Å²) in [6.07, 6.45) is -5.63. The first-order valence-corrected chi connectivity index (χ1v) is 12.8. The molecular weight excluding hydrogens is 590 g/mol. The first-order valence-electron chi connectivity index (χ1n) is 5.85. The van der Waals surface area contributed by atoms with Crippen molar-refractivity contribution in [3.8, 4) is 0 Å². The van der Waals surface area contributed by atoms with Gasteiger partial charge in [-0.3, -0.25) is 9.80 Å². The van der Waals surface area contributed by atoms with E-state index in [1.54, 1.807) is 0 Å². The van der Waals surface area contributed by atoms with Gasteiger partial charge in [0.1, 0.15) is 0 Å². The van der Waals surface area contributed by atoms with E-state index in [-0.39, 0.29) is 165 Å². The van der Waals surface area contributed by atoms with Crippen molar-refractivity contribution >= 4 is 30.4 Å². The average Bonchev–Trinajstić information content (AvgIpc) is 2.16. The fourth-order valence-electron chi connectivity index (χ4n) is 1.63. The predicted molar refractivity (Wildman–Crippen MR) is 63.3 cm³/mol. The van der Waals surface area contributed by atoms with Crippen LogP contribution in [0.4, 0.5) is 0 Å². The molecule has 0 amide bonds. The van der Waals surface area contributed by atoms with Gasteiger partial charge in [-0.25, -0.2) is 0 Å². The van der Waals surface area contributed by atoms with Crippen molar-refractivity contribution < 1.29 is 222 Å². The summed E-state index contributed by atoms with van der Waals surface area (Å²) in [4.78, 5) is 85.9. The summed E-state index contributed by atoms with van der Waals surface area (Å²) in [7, 11) is -21.2. The van der Waals surface area contributed by atoms with Crippen LogP contribution in [0.2, 0.25) is 0 Å². The molecule has 0 N–H and O–H groups in total. The third-order valence-corrected chi connectivity index (χ3v) is 5.21. The SMILES string of the molecule is O=P([O-])([O-])CN(CCN(CP(=O)([O-])[O-])CP(=O)([O-])[O-])CP(=O)([O-])[O-].[Co+2].[Na+].[Na+].[Na+].[Na+].[Na+]. The van der Waals surface area contributed by atoms with Gasteiger partial charge in [0, 0.05) is 38.2 Å². The van der Waals surface area contributed by atoms with E-state index in [4.69, 9.17) is 0 Å². The third-order valence-electron chi connectivity index (χ3n) is 2.23. The van der Waals surface area contributed by atoms with Crippen molar-refractivity contribution in [3.05, 3.63) is 0 Å². The van der Waals surface area contributed by atoms with E-state index >= 15 is 0 Å². The van der Waals surface area contributed by atoms with E-state index in [2.05, 4.69) is 0 Å². The summed E-state index contributed by atoms with van der Waals surface area (Å²) in [6.45, 7) is -1.55. The number of hydrogen-bond acceptors (Lipinski definition) is 14. The summed E-state index contributed by atoms with van der Waals surface area (Å²) in [5, 5.41) is 0. The summed E-state index contributed by atoms with van der Waals surface area (Å²) >= 11 is 0. The minimum absolute atomic E-state index is 0. The largest absolute Gasteiger partial charge is 2.00 e. The maximum atomic E-state index is 10.7. The molecule has 0 atom stereocenters. The smallest absolute Gasteiger partial charge is 0.810 e. The molecule has 0 aromatic carbocycles. The maximum Gasteiger partial charge on any atom is 2.00 e. The summed E-state index contributed by atoms with van der Waals surface area (Å²) < 4.78 is 42.7. The normalized spacial score (nSPS) is 11.7. The van der Waals surface area contributed by atoms with E-state index in [0.717, 1.165) is 0 Å². The van der Waals surface area contributed by atoms with E-state index in [1.807, 2.05) is 0 Å². The van der Waals surface area contributed by atoms with Crippen LogP contribution in [0, 0.1) is 0 Å². The van der Waals surface area contributed by atoms with Crippen molar-refractivity contribution in [2.45, 2.75) is 0 Å². The molecule has 0 saturated heterocycles. The third kappa shape index (κ3) is 38.6. The van der Waals surface area contributed by atoms with E-state index in [1.165, 1.54) is 0 Å². The van der Waals surface area contributed by atoms with Crippen LogP contribution in [0.25, 0.3) is 0 Å². The molecule has 153 valence electrons. The average molecular weight is 602 g/mol. The molecule has 0 fully saturated rings. The predicted octanol–water partition coefficient (Wildman–Crippen LogP) is -21.9. The van der Waals surface area contributed by atoms with Crippen LogP contribution in [0.15, 0.2) is 0 Å². The molecule has 0 unspecified atom stereocenters. The van der Waals surface area contributed by atoms with E-state index < -0.39 is 68.6 Å². The minimum atomic E-state index is -5.30. The van der Waals surface area contributed by atoms with Crippen molar-refractivity contribution in [2.24, 2.45) is 0 Å². The molecule has 30 heavy (non-hydrogen) atoms. The van der Waals surface area contributed by atoms with Crippen LogP contribution < -0.4 is 187 Å². The van der Waals surface area contributed by atoms with Gasteiger partial charge < -0.3 is 57.4 Å². The molecule has 0 aliphatic rings. The Labute approximate surface area is 295 Å². The first-order chi connectivity index (χ1) is 10.4. The van der Waals surface area contributed by atoms with Crippen LogP contribution in [0.5, 0.6) is 0 Å². The van der Waals surface area contributed by atoms with E-state index in [9.17, 15) is 57.4 Å². The second kappa shape index (κ2) is 23.0. The molecule has 0 bridgehead atoms. The Morgan fingerprint density at radius 1 is 0.433 bits per heavy atom. The molecule has 0 heterocycles. The zero-order chi connectivity index (χ0) is 19.4. The van der Waals surface area contributed by atoms with Gasteiger partial charge in [-0.1, -0.05) is 30.4 Å². The van der Waals surface area contributed by atoms with Gasteiger partial charge in [0.05, 0.1) is 0 Å². The van der Waals surface area contributed by atoms with Crippen molar-refractivity contribution in [1.29, 1.82) is 0 Å². The van der Waals surface area contributed by atoms with Crippen LogP contribution in [-0.4, -0.2) is 48.0 Å². The fourth-order valence-corrected chi connectivity index (χ4v) is 4.88. The molecule has 0 spiro atoms. The van der Waals surface area contributed by atoms with Crippen molar-refractivity contribution in [2.75, 3.05) is 38.2 Å². The zero-order valence-electron chi connectivity index (χ0n) is 17.2. The van der Waals surface area contributed by atoms with Crippen LogP contribution >= 0.6 is 30.4 Å². The van der Waals surface area contributed by atoms with Gasteiger partial charge in [0.2, 0.25) is 0 Å². The first kappa shape index (κ1) is 52.5. The molecular formula is C6H12CoN2Na5O12P4-. The van der Waals surface area contributed by atoms with Crippen LogP contribution in [0.1, 0.15) is 0 Å². The Bertz CT molecular complexity index is 512. The van der Waals surface area contributed by atoms with Gasteiger partial charge >= 0.3 is 165 Å². The number of nitrogens with zero attached hydrogens (tertiary/aromatic N) is 2. The molecule has 1 radical (unpaired) electrons. The molecule has 0 aromatic rings. The Morgan fingerprint density at radius 3 is 0.667 bits per heavy atom. The summed E-state index contributed by atoms with van der Waals surface area (Å²) in [6, 6.07) is 0. The molecule has 14 nitrogen and oxygen atoms in total. The van der Waals surface area contributed by atoms with Gasteiger partial charge in [-0.05, 0) is 0 Å². The Morgan fingerprint density at radius 2 is 0.567 bits per heavy atom. The van der Waals surface area contributed by atoms with Crippen LogP contribution in [0.3, 0.4) is 0 Å². The van der Waals surface area contributed by atoms with Gasteiger partial charge in [-0.2, -0.15) is 0 Å². The Hall–Kier alpha value is 6.03. The minimum Gasteiger partial charge on any atom is -0.810 e. The molecule has 0 aliphatic heterocycles. The quantitative estimate of drug-likeness (QED) is 0.157. The van der Waals surface area contributed by atoms with Gasteiger partial charge in [0.15, 0.2) is 0 Å². The van der Waals surface area contributed by atoms with Gasteiger partial charge in [-0.15, -0.1) is 0 Å². The second-order valence-electron chi connectivity index (χ2n) is 4.80. The Kier molecular flexibility index (Phi) is 40.2. The Balaban J connectivity index is -0.000000176. The molecule has 0 aromatic heterocycles. The van der Waals surface area contributed by atoms with E-state index in [0.29, 0.717) is 9.80 Å². The van der Waals surface area contributed by atoms with Crippen LogP contribution in [-0.2, 0) is 35.0 Å². The molecule has 0 saturated carbocycles. The number of rotatable bonds is 11. The monoisotopic (exact) mass is 602 g/mol. The fraction of sp³-hybridized carbons (Fsp3) is 1.00. The maximum absolute atomic E-state index is 10.7. The zero-order valence-corrected chi connectivity index (χ0v) is 31.8. The second-order valence-corrected chi connectivity index (χ2v) is 10.8. The van der Waals surface area contributed by atoms with Crippen molar-refractivity contribution in [1.82, 2.24) is 9.80 Å². The molecule has 24 heteroatoms. The number of hydrogen-bond donors (Lipinski definition) is 0. The summed E-state index contributed by atoms with van der Waals surface area (Å²) in [5.74, 6) is 0. The van der Waals surface area contributed by atoms with Gasteiger partial charge in [0.25, 0.3) is 0 Å². The summed E-state index contributed by atoms with van der Waals surface area (Å²) in [5.41, 5.74) is 0. The topological polar surface area (TPSA) is 259 Å².